The molecule has 0 radical (unpaired) electrons. The first kappa shape index (κ1) is 26.1. The minimum absolute atomic E-state index is 0.00579. The zero-order chi connectivity index (χ0) is 26.5. The predicted molar refractivity (Wildman–Crippen MR) is 137 cm³/mol. The summed E-state index contributed by atoms with van der Waals surface area (Å²) < 4.78 is 15.8. The number of carbonyl (C=O) groups is 3. The summed E-state index contributed by atoms with van der Waals surface area (Å²) in [4.78, 5) is 44.5. The quantitative estimate of drug-likeness (QED) is 0.466. The van der Waals surface area contributed by atoms with Gasteiger partial charge in [0.25, 0.3) is 0 Å². The number of benzene rings is 2. The Bertz CT molecular complexity index is 1300. The van der Waals surface area contributed by atoms with E-state index in [9.17, 15) is 23.9 Å². The van der Waals surface area contributed by atoms with Crippen LogP contribution in [-0.4, -0.2) is 38.5 Å². The van der Waals surface area contributed by atoms with E-state index in [1.54, 1.807) is 25.1 Å². The summed E-state index contributed by atoms with van der Waals surface area (Å²) in [5, 5.41) is 12.4. The van der Waals surface area contributed by atoms with Gasteiger partial charge in [0.1, 0.15) is 24.2 Å². The summed E-state index contributed by atoms with van der Waals surface area (Å²) in [7, 11) is 0. The molecule has 1 aromatic heterocycles. The summed E-state index contributed by atoms with van der Waals surface area (Å²) in [6.45, 7) is 3.19. The predicted octanol–water partition coefficient (Wildman–Crippen LogP) is 4.56. The van der Waals surface area contributed by atoms with Crippen LogP contribution in [0.4, 0.5) is 10.1 Å². The lowest BCUT2D eigenvalue weighted by atomic mass is 9.93. The zero-order valence-electron chi connectivity index (χ0n) is 21.0. The largest absolute Gasteiger partial charge is 0.476 e. The van der Waals surface area contributed by atoms with Crippen LogP contribution in [-0.2, 0) is 16.1 Å². The molecule has 2 aromatic carbocycles. The van der Waals surface area contributed by atoms with Gasteiger partial charge >= 0.3 is 5.97 Å². The van der Waals surface area contributed by atoms with E-state index in [0.717, 1.165) is 37.7 Å². The number of aromatic carboxylic acids is 1. The Morgan fingerprint density at radius 1 is 1.11 bits per heavy atom. The van der Waals surface area contributed by atoms with Gasteiger partial charge in [-0.2, -0.15) is 0 Å². The second kappa shape index (κ2) is 11.4. The molecule has 2 amide bonds. The maximum atomic E-state index is 14.4. The minimum Gasteiger partial charge on any atom is -0.476 e. The molecule has 1 saturated carbocycles. The van der Waals surface area contributed by atoms with Gasteiger partial charge in [-0.1, -0.05) is 49.6 Å². The molecule has 4 rings (SSSR count). The average Bonchev–Trinajstić information content (AvgIpc) is 3.24. The lowest BCUT2D eigenvalue weighted by Crippen LogP contribution is -2.48. The number of hydrogen-bond acceptors (Lipinski definition) is 4. The third-order valence-electron chi connectivity index (χ3n) is 6.80. The highest BCUT2D eigenvalue weighted by atomic mass is 19.1. The summed E-state index contributed by atoms with van der Waals surface area (Å²) in [5.74, 6) is -2.26. The van der Waals surface area contributed by atoms with Crippen molar-refractivity contribution in [3.8, 4) is 0 Å². The van der Waals surface area contributed by atoms with E-state index in [-0.39, 0.29) is 29.9 Å². The van der Waals surface area contributed by atoms with Crippen molar-refractivity contribution in [3.63, 3.8) is 0 Å². The van der Waals surface area contributed by atoms with Gasteiger partial charge in [0.15, 0.2) is 5.69 Å². The Kier molecular flexibility index (Phi) is 8.01. The number of aromatic nitrogens is 2. The van der Waals surface area contributed by atoms with Gasteiger partial charge in [0.05, 0.1) is 0 Å². The number of halogens is 1. The monoisotopic (exact) mass is 506 g/mol. The Hall–Kier alpha value is -4.01. The third-order valence-corrected chi connectivity index (χ3v) is 6.80. The molecule has 1 fully saturated rings. The van der Waals surface area contributed by atoms with Crippen LogP contribution in [0.3, 0.4) is 0 Å². The smallest absolute Gasteiger partial charge is 0.356 e. The lowest BCUT2D eigenvalue weighted by Gasteiger charge is -2.34. The number of hydrogen-bond donors (Lipinski definition) is 2. The van der Waals surface area contributed by atoms with Crippen LogP contribution in [0.2, 0.25) is 0 Å². The Morgan fingerprint density at radius 2 is 1.84 bits per heavy atom. The number of nitrogens with one attached hydrogen (secondary N) is 1. The number of carboxylic acids is 1. The summed E-state index contributed by atoms with van der Waals surface area (Å²) in [5.41, 5.74) is 1.48. The molecule has 9 heteroatoms. The SMILES string of the molecule is Cc1ccccc1C(C(=O)NC1CCCCC1)N(C(=O)Cn1cc(C(=O)O)nc1C)c1cccc(F)c1. The number of anilines is 1. The van der Waals surface area contributed by atoms with Gasteiger partial charge in [0, 0.05) is 17.9 Å². The molecule has 0 aliphatic heterocycles. The van der Waals surface area contributed by atoms with Crippen molar-refractivity contribution in [1.29, 1.82) is 0 Å². The van der Waals surface area contributed by atoms with Crippen LogP contribution in [0.25, 0.3) is 0 Å². The number of aryl methyl sites for hydroxylation is 2. The fourth-order valence-electron chi connectivity index (χ4n) is 4.87. The fourth-order valence-corrected chi connectivity index (χ4v) is 4.87. The van der Waals surface area contributed by atoms with Gasteiger partial charge in [-0.25, -0.2) is 14.2 Å². The van der Waals surface area contributed by atoms with Gasteiger partial charge in [-0.05, 0) is 56.0 Å². The topological polar surface area (TPSA) is 105 Å². The highest BCUT2D eigenvalue weighted by molar-refractivity contribution is 6.01. The molecule has 8 nitrogen and oxygen atoms in total. The maximum absolute atomic E-state index is 14.4. The molecule has 1 unspecified atom stereocenters. The second-order valence-corrected chi connectivity index (χ2v) is 9.45. The molecule has 194 valence electrons. The Labute approximate surface area is 215 Å². The first-order valence-corrected chi connectivity index (χ1v) is 12.4. The van der Waals surface area contributed by atoms with Gasteiger partial charge in [-0.3, -0.25) is 14.5 Å². The molecule has 1 aliphatic carbocycles. The highest BCUT2D eigenvalue weighted by Gasteiger charge is 2.35. The van der Waals surface area contributed by atoms with Crippen molar-refractivity contribution >= 4 is 23.5 Å². The summed E-state index contributed by atoms with van der Waals surface area (Å²) in [6.07, 6.45) is 6.20. The molecule has 0 saturated heterocycles. The van der Waals surface area contributed by atoms with Gasteiger partial charge in [-0.15, -0.1) is 0 Å². The number of amides is 2. The van der Waals surface area contributed by atoms with Gasteiger partial charge < -0.3 is 15.0 Å². The van der Waals surface area contributed by atoms with E-state index in [0.29, 0.717) is 11.4 Å². The lowest BCUT2D eigenvalue weighted by molar-refractivity contribution is -0.127. The second-order valence-electron chi connectivity index (χ2n) is 9.45. The van der Waals surface area contributed by atoms with Crippen LogP contribution in [0.5, 0.6) is 0 Å². The minimum atomic E-state index is -1.21. The number of rotatable bonds is 8. The number of nitrogens with zero attached hydrogens (tertiary/aromatic N) is 3. The molecule has 37 heavy (non-hydrogen) atoms. The van der Waals surface area contributed by atoms with Crippen molar-refractivity contribution < 1.29 is 23.9 Å². The normalized spacial score (nSPS) is 14.7. The highest BCUT2D eigenvalue weighted by Crippen LogP contribution is 2.31. The van der Waals surface area contributed by atoms with E-state index in [2.05, 4.69) is 10.3 Å². The first-order chi connectivity index (χ1) is 17.7. The number of carboxylic acid groups (broad SMARTS) is 1. The average molecular weight is 507 g/mol. The van der Waals surface area contributed by atoms with E-state index < -0.39 is 23.7 Å². The van der Waals surface area contributed by atoms with Crippen LogP contribution < -0.4 is 10.2 Å². The van der Waals surface area contributed by atoms with Crippen LogP contribution in [0.1, 0.15) is 65.6 Å². The van der Waals surface area contributed by atoms with E-state index in [1.165, 1.54) is 33.9 Å². The van der Waals surface area contributed by atoms with Crippen molar-refractivity contribution in [2.45, 2.75) is 64.6 Å². The number of imidazole rings is 1. The van der Waals surface area contributed by atoms with E-state index in [1.807, 2.05) is 19.1 Å². The van der Waals surface area contributed by atoms with Crippen LogP contribution >= 0.6 is 0 Å². The van der Waals surface area contributed by atoms with Crippen LogP contribution in [0, 0.1) is 19.7 Å². The fraction of sp³-hybridized carbons (Fsp3) is 0.357. The zero-order valence-corrected chi connectivity index (χ0v) is 21.0. The molecule has 1 atom stereocenters. The standard InChI is InChI=1S/C28H31FN4O4/c1-18-9-6-7-14-23(18)26(27(35)31-21-11-4-3-5-12-21)33(22-13-8-10-20(29)15-22)25(34)17-32-16-24(28(36)37)30-19(32)2/h6-10,13-16,21,26H,3-5,11-12,17H2,1-2H3,(H,31,35)(H,36,37). The third kappa shape index (κ3) is 6.04. The van der Waals surface area contributed by atoms with Crippen molar-refractivity contribution in [2.75, 3.05) is 4.90 Å². The number of carbonyl (C=O) groups excluding carboxylic acids is 2. The molecule has 3 aromatic rings. The molecule has 0 bridgehead atoms. The van der Waals surface area contributed by atoms with E-state index in [4.69, 9.17) is 0 Å². The van der Waals surface area contributed by atoms with Gasteiger partial charge in [0.2, 0.25) is 11.8 Å². The van der Waals surface area contributed by atoms with Crippen molar-refractivity contribution in [2.24, 2.45) is 0 Å². The summed E-state index contributed by atoms with van der Waals surface area (Å²) >= 11 is 0. The molecule has 1 aliphatic rings. The van der Waals surface area contributed by atoms with Crippen molar-refractivity contribution in [3.05, 3.63) is 83.2 Å². The molecular formula is C28H31FN4O4. The maximum Gasteiger partial charge on any atom is 0.356 e. The molecule has 0 spiro atoms. The Morgan fingerprint density at radius 3 is 2.49 bits per heavy atom. The van der Waals surface area contributed by atoms with Crippen molar-refractivity contribution in [1.82, 2.24) is 14.9 Å². The molecule has 1 heterocycles. The Balaban J connectivity index is 1.78. The summed E-state index contributed by atoms with van der Waals surface area (Å²) in [6, 6.07) is 11.8. The van der Waals surface area contributed by atoms with Crippen LogP contribution in [0.15, 0.2) is 54.7 Å². The van der Waals surface area contributed by atoms with E-state index >= 15 is 0 Å². The molecule has 2 N–H and O–H groups in total. The first-order valence-electron chi connectivity index (χ1n) is 12.4. The molecular weight excluding hydrogens is 475 g/mol.